The van der Waals surface area contributed by atoms with Gasteiger partial charge in [0.2, 0.25) is 0 Å². The van der Waals surface area contributed by atoms with Crippen LogP contribution >= 0.6 is 11.6 Å². The molecule has 2 rings (SSSR count). The first-order chi connectivity index (χ1) is 9.38. The minimum atomic E-state index is -5.09. The van der Waals surface area contributed by atoms with Crippen LogP contribution in [0.1, 0.15) is 5.56 Å². The van der Waals surface area contributed by atoms with Crippen molar-refractivity contribution in [1.82, 2.24) is 0 Å². The SMILES string of the molecule is Fc1cccc(Cl)c1COc1cccc([B-](F)(F)F)c1. The molecule has 0 unspecified atom stereocenters. The zero-order valence-corrected chi connectivity index (χ0v) is 10.9. The second-order valence-electron chi connectivity index (χ2n) is 4.14. The van der Waals surface area contributed by atoms with Gasteiger partial charge >= 0.3 is 6.98 Å². The lowest BCUT2D eigenvalue weighted by Gasteiger charge is -2.16. The number of benzene rings is 2. The maximum atomic E-state index is 13.5. The summed E-state index contributed by atoms with van der Waals surface area (Å²) in [5, 5.41) is 0.168. The molecule has 7 heteroatoms. The van der Waals surface area contributed by atoms with Gasteiger partial charge in [0.25, 0.3) is 0 Å². The maximum Gasteiger partial charge on any atom is 0.509 e. The van der Waals surface area contributed by atoms with Gasteiger partial charge in [0.05, 0.1) is 5.02 Å². The first-order valence-electron chi connectivity index (χ1n) is 5.73. The van der Waals surface area contributed by atoms with Crippen molar-refractivity contribution in [3.63, 3.8) is 0 Å². The van der Waals surface area contributed by atoms with E-state index in [-0.39, 0.29) is 22.9 Å². The van der Waals surface area contributed by atoms with E-state index in [1.165, 1.54) is 30.3 Å². The normalized spacial score (nSPS) is 11.4. The molecule has 0 saturated heterocycles. The van der Waals surface area contributed by atoms with Crippen LogP contribution in [0.5, 0.6) is 5.75 Å². The van der Waals surface area contributed by atoms with Crippen molar-refractivity contribution in [2.75, 3.05) is 0 Å². The molecule has 0 saturated carbocycles. The molecule has 0 aromatic heterocycles. The molecule has 20 heavy (non-hydrogen) atoms. The number of halogens is 5. The van der Waals surface area contributed by atoms with Crippen molar-refractivity contribution in [1.29, 1.82) is 0 Å². The molecule has 0 fully saturated rings. The Balaban J connectivity index is 2.16. The van der Waals surface area contributed by atoms with Gasteiger partial charge in [-0.2, -0.15) is 0 Å². The molecular formula is C13H9BClF4O-. The lowest BCUT2D eigenvalue weighted by molar-refractivity contribution is 0.300. The van der Waals surface area contributed by atoms with Crippen molar-refractivity contribution in [2.45, 2.75) is 6.61 Å². The highest BCUT2D eigenvalue weighted by molar-refractivity contribution is 6.73. The van der Waals surface area contributed by atoms with Gasteiger partial charge in [-0.3, -0.25) is 0 Å². The van der Waals surface area contributed by atoms with E-state index in [1.54, 1.807) is 0 Å². The highest BCUT2D eigenvalue weighted by Gasteiger charge is 2.25. The molecule has 0 heterocycles. The number of rotatable bonds is 4. The number of ether oxygens (including phenoxy) is 1. The maximum absolute atomic E-state index is 13.5. The molecular weight excluding hydrogens is 294 g/mol. The van der Waals surface area contributed by atoms with Gasteiger partial charge in [-0.15, -0.1) is 5.46 Å². The third kappa shape index (κ3) is 3.45. The Morgan fingerprint density at radius 1 is 1.05 bits per heavy atom. The molecule has 1 nitrogen and oxygen atoms in total. The fourth-order valence-electron chi connectivity index (χ4n) is 1.63. The van der Waals surface area contributed by atoms with Crippen LogP contribution in [0.4, 0.5) is 17.3 Å². The smallest absolute Gasteiger partial charge is 0.489 e. The molecule has 0 spiro atoms. The zero-order chi connectivity index (χ0) is 14.8. The molecule has 0 aliphatic carbocycles. The molecule has 0 amide bonds. The fraction of sp³-hybridized carbons (Fsp3) is 0.0769. The fourth-order valence-corrected chi connectivity index (χ4v) is 1.85. The van der Waals surface area contributed by atoms with Crippen LogP contribution in [0.15, 0.2) is 42.5 Å². The minimum Gasteiger partial charge on any atom is -0.489 e. The largest absolute Gasteiger partial charge is 0.509 e. The molecule has 2 aromatic rings. The van der Waals surface area contributed by atoms with Crippen LogP contribution in [-0.4, -0.2) is 6.98 Å². The van der Waals surface area contributed by atoms with Gasteiger partial charge in [0.1, 0.15) is 18.2 Å². The van der Waals surface area contributed by atoms with Crippen molar-refractivity contribution in [3.05, 3.63) is 58.9 Å². The molecule has 2 aromatic carbocycles. The van der Waals surface area contributed by atoms with Crippen LogP contribution in [-0.2, 0) is 6.61 Å². The predicted molar refractivity (Wildman–Crippen MR) is 70.9 cm³/mol. The summed E-state index contributed by atoms with van der Waals surface area (Å²) in [6.45, 7) is -5.33. The Morgan fingerprint density at radius 2 is 1.75 bits per heavy atom. The van der Waals surface area contributed by atoms with Crippen LogP contribution in [0, 0.1) is 5.82 Å². The van der Waals surface area contributed by atoms with E-state index >= 15 is 0 Å². The Morgan fingerprint density at radius 3 is 2.40 bits per heavy atom. The van der Waals surface area contributed by atoms with Crippen LogP contribution in [0.3, 0.4) is 0 Å². The average Bonchev–Trinajstić information content (AvgIpc) is 2.37. The molecule has 0 aliphatic heterocycles. The summed E-state index contributed by atoms with van der Waals surface area (Å²) in [4.78, 5) is 0. The van der Waals surface area contributed by atoms with Crippen LogP contribution < -0.4 is 10.2 Å². The van der Waals surface area contributed by atoms with Gasteiger partial charge in [-0.1, -0.05) is 29.8 Å². The first kappa shape index (κ1) is 14.7. The Hall–Kier alpha value is -1.69. The van der Waals surface area contributed by atoms with E-state index in [9.17, 15) is 17.3 Å². The second kappa shape index (κ2) is 5.75. The summed E-state index contributed by atoms with van der Waals surface area (Å²) < 4.78 is 56.4. The summed E-state index contributed by atoms with van der Waals surface area (Å²) in [6.07, 6.45) is 0. The Kier molecular flexibility index (Phi) is 4.23. The molecule has 0 aliphatic rings. The molecule has 0 radical (unpaired) electrons. The molecule has 0 atom stereocenters. The standard InChI is InChI=1S/C13H9BClF4O/c15-12-5-2-6-13(16)11(12)8-20-10-4-1-3-9(7-10)14(17,18)19/h1-7H,8H2/q-1. The zero-order valence-electron chi connectivity index (χ0n) is 10.1. The summed E-state index contributed by atoms with van der Waals surface area (Å²) in [6, 6.07) is 8.59. The predicted octanol–water partition coefficient (Wildman–Crippen LogP) is 4.11. The number of hydrogen-bond acceptors (Lipinski definition) is 1. The van der Waals surface area contributed by atoms with Crippen molar-refractivity contribution in [3.8, 4) is 5.75 Å². The first-order valence-corrected chi connectivity index (χ1v) is 6.11. The summed E-state index contributed by atoms with van der Waals surface area (Å²) in [7, 11) is 0. The van der Waals surface area contributed by atoms with E-state index in [0.29, 0.717) is 0 Å². The summed E-state index contributed by atoms with van der Waals surface area (Å²) >= 11 is 5.80. The third-order valence-electron chi connectivity index (χ3n) is 2.68. The minimum absolute atomic E-state index is 0.0148. The summed E-state index contributed by atoms with van der Waals surface area (Å²) in [5.74, 6) is -0.547. The molecule has 0 bridgehead atoms. The Labute approximate surface area is 118 Å². The van der Waals surface area contributed by atoms with Gasteiger partial charge in [0, 0.05) is 5.56 Å². The second-order valence-corrected chi connectivity index (χ2v) is 4.54. The van der Waals surface area contributed by atoms with Crippen molar-refractivity contribution < 1.29 is 22.1 Å². The van der Waals surface area contributed by atoms with Crippen molar-refractivity contribution in [2.24, 2.45) is 0 Å². The number of hydrogen-bond donors (Lipinski definition) is 0. The van der Waals surface area contributed by atoms with Crippen LogP contribution in [0.25, 0.3) is 0 Å². The van der Waals surface area contributed by atoms with Crippen LogP contribution in [0.2, 0.25) is 5.02 Å². The highest BCUT2D eigenvalue weighted by Crippen LogP contribution is 2.21. The van der Waals surface area contributed by atoms with Gasteiger partial charge in [0.15, 0.2) is 0 Å². The van der Waals surface area contributed by atoms with E-state index in [1.807, 2.05) is 0 Å². The van der Waals surface area contributed by atoms with Gasteiger partial charge < -0.3 is 17.7 Å². The topological polar surface area (TPSA) is 9.23 Å². The average molecular weight is 303 g/mol. The van der Waals surface area contributed by atoms with Crippen molar-refractivity contribution >= 4 is 24.0 Å². The lowest BCUT2D eigenvalue weighted by atomic mass is 9.80. The monoisotopic (exact) mass is 303 g/mol. The van der Waals surface area contributed by atoms with Gasteiger partial charge in [-0.25, -0.2) is 4.39 Å². The quantitative estimate of drug-likeness (QED) is 0.610. The molecule has 0 N–H and O–H groups in total. The van der Waals surface area contributed by atoms with E-state index in [2.05, 4.69) is 0 Å². The lowest BCUT2D eigenvalue weighted by Crippen LogP contribution is -2.33. The highest BCUT2D eigenvalue weighted by atomic mass is 35.5. The van der Waals surface area contributed by atoms with E-state index in [4.69, 9.17) is 16.3 Å². The third-order valence-corrected chi connectivity index (χ3v) is 3.04. The molecule has 106 valence electrons. The van der Waals surface area contributed by atoms with E-state index < -0.39 is 18.3 Å². The van der Waals surface area contributed by atoms with Gasteiger partial charge in [-0.05, 0) is 24.3 Å². The summed E-state index contributed by atoms with van der Waals surface area (Å²) in [5.41, 5.74) is -0.654. The Bertz CT molecular complexity index is 595. The van der Waals surface area contributed by atoms with E-state index in [0.717, 1.165) is 12.1 Å².